The number of anilines is 2. The topological polar surface area (TPSA) is 112 Å². The third-order valence-electron chi connectivity index (χ3n) is 4.65. The summed E-state index contributed by atoms with van der Waals surface area (Å²) in [6, 6.07) is 15.5. The van der Waals surface area contributed by atoms with Gasteiger partial charge in [0.25, 0.3) is 15.9 Å². The number of hydrogen-bond acceptors (Lipinski definition) is 7. The molecule has 0 saturated carbocycles. The zero-order valence-corrected chi connectivity index (χ0v) is 19.6. The van der Waals surface area contributed by atoms with Gasteiger partial charge in [0.05, 0.1) is 16.5 Å². The Morgan fingerprint density at radius 2 is 1.71 bits per heavy atom. The lowest BCUT2D eigenvalue weighted by molar-refractivity contribution is -0.118. The summed E-state index contributed by atoms with van der Waals surface area (Å²) < 4.78 is 49.2. The first kappa shape index (κ1) is 23.5. The molecule has 0 spiro atoms. The maximum absolute atomic E-state index is 12.7. The molecule has 0 unspecified atom stereocenters. The second-order valence-corrected chi connectivity index (χ2v) is 9.15. The molecule has 11 heteroatoms. The molecule has 34 heavy (non-hydrogen) atoms. The van der Waals surface area contributed by atoms with Gasteiger partial charge in [-0.1, -0.05) is 11.6 Å². The summed E-state index contributed by atoms with van der Waals surface area (Å²) in [5.41, 5.74) is 0.894. The molecule has 0 bridgehead atoms. The molecule has 0 aromatic heterocycles. The Labute approximate surface area is 201 Å². The molecular formula is C23H21ClN2O7S. The zero-order valence-electron chi connectivity index (χ0n) is 18.0. The first-order valence-electron chi connectivity index (χ1n) is 10.2. The maximum atomic E-state index is 12.7. The zero-order chi connectivity index (χ0) is 24.1. The minimum Gasteiger partial charge on any atom is -0.494 e. The summed E-state index contributed by atoms with van der Waals surface area (Å²) in [5.74, 6) is 1.52. The Bertz CT molecular complexity index is 1300. The van der Waals surface area contributed by atoms with Gasteiger partial charge in [0.15, 0.2) is 18.1 Å². The summed E-state index contributed by atoms with van der Waals surface area (Å²) in [6.45, 7) is 2.18. The van der Waals surface area contributed by atoms with Crippen LogP contribution in [0.4, 0.5) is 11.4 Å². The van der Waals surface area contributed by atoms with Gasteiger partial charge in [-0.3, -0.25) is 9.52 Å². The van der Waals surface area contributed by atoms with Crippen LogP contribution in [0.5, 0.6) is 23.0 Å². The molecule has 1 amide bonds. The first-order chi connectivity index (χ1) is 16.3. The lowest BCUT2D eigenvalue weighted by Gasteiger charge is -2.12. The number of carbonyl (C=O) groups excluding carboxylic acids is 1. The highest BCUT2D eigenvalue weighted by atomic mass is 35.5. The van der Waals surface area contributed by atoms with Gasteiger partial charge in [-0.25, -0.2) is 8.42 Å². The number of benzene rings is 3. The Morgan fingerprint density at radius 3 is 2.44 bits per heavy atom. The largest absolute Gasteiger partial charge is 0.494 e. The highest BCUT2D eigenvalue weighted by molar-refractivity contribution is 7.92. The molecular weight excluding hydrogens is 484 g/mol. The van der Waals surface area contributed by atoms with Crippen LogP contribution in [0.3, 0.4) is 0 Å². The Hall–Kier alpha value is -3.63. The van der Waals surface area contributed by atoms with Crippen molar-refractivity contribution in [3.8, 4) is 23.0 Å². The number of carbonyl (C=O) groups is 1. The van der Waals surface area contributed by atoms with Crippen LogP contribution in [0.1, 0.15) is 6.92 Å². The average Bonchev–Trinajstić information content (AvgIpc) is 3.27. The predicted molar refractivity (Wildman–Crippen MR) is 127 cm³/mol. The number of amides is 1. The third-order valence-corrected chi connectivity index (χ3v) is 6.32. The molecule has 4 rings (SSSR count). The summed E-state index contributed by atoms with van der Waals surface area (Å²) in [7, 11) is -3.89. The van der Waals surface area contributed by atoms with E-state index in [-0.39, 0.29) is 29.1 Å². The normalized spacial score (nSPS) is 12.2. The van der Waals surface area contributed by atoms with Crippen molar-refractivity contribution in [2.24, 2.45) is 0 Å². The van der Waals surface area contributed by atoms with Gasteiger partial charge in [0, 0.05) is 17.4 Å². The molecule has 0 aliphatic carbocycles. The van der Waals surface area contributed by atoms with E-state index in [0.717, 1.165) is 0 Å². The molecule has 2 N–H and O–H groups in total. The number of sulfonamides is 1. The first-order valence-corrected chi connectivity index (χ1v) is 12.1. The Balaban J connectivity index is 1.36. The highest BCUT2D eigenvalue weighted by Gasteiger charge is 2.18. The van der Waals surface area contributed by atoms with Crippen molar-refractivity contribution in [1.82, 2.24) is 0 Å². The Morgan fingerprint density at radius 1 is 0.971 bits per heavy atom. The van der Waals surface area contributed by atoms with Crippen LogP contribution in [-0.4, -0.2) is 34.3 Å². The molecule has 0 radical (unpaired) electrons. The number of hydrogen-bond donors (Lipinski definition) is 2. The molecule has 1 aliphatic rings. The van der Waals surface area contributed by atoms with Crippen molar-refractivity contribution >= 4 is 38.9 Å². The number of halogens is 1. The number of nitrogens with one attached hydrogen (secondary N) is 2. The molecule has 0 saturated heterocycles. The summed E-state index contributed by atoms with van der Waals surface area (Å²) in [5, 5.41) is 2.73. The number of ether oxygens (including phenoxy) is 4. The van der Waals surface area contributed by atoms with Gasteiger partial charge in [0.2, 0.25) is 6.79 Å². The van der Waals surface area contributed by atoms with Crippen molar-refractivity contribution in [2.75, 3.05) is 30.0 Å². The quantitative estimate of drug-likeness (QED) is 0.447. The lowest BCUT2D eigenvalue weighted by Crippen LogP contribution is -2.20. The van der Waals surface area contributed by atoms with Crippen molar-refractivity contribution in [1.29, 1.82) is 0 Å². The van der Waals surface area contributed by atoms with Crippen LogP contribution in [0, 0.1) is 0 Å². The molecule has 178 valence electrons. The van der Waals surface area contributed by atoms with E-state index in [1.54, 1.807) is 42.5 Å². The molecule has 9 nitrogen and oxygen atoms in total. The van der Waals surface area contributed by atoms with Crippen LogP contribution in [0.15, 0.2) is 65.6 Å². The molecule has 3 aromatic carbocycles. The summed E-state index contributed by atoms with van der Waals surface area (Å²) in [4.78, 5) is 12.2. The van der Waals surface area contributed by atoms with E-state index in [9.17, 15) is 13.2 Å². The molecule has 3 aromatic rings. The van der Waals surface area contributed by atoms with Crippen LogP contribution in [0.25, 0.3) is 0 Å². The van der Waals surface area contributed by atoms with Crippen molar-refractivity contribution < 1.29 is 32.2 Å². The SMILES string of the molecule is CCOc1ccc(NS(=O)(=O)c2ccc(OCC(=O)Nc3ccc4c(c3)OCO4)c(Cl)c2)cc1. The lowest BCUT2D eigenvalue weighted by atomic mass is 10.3. The highest BCUT2D eigenvalue weighted by Crippen LogP contribution is 2.34. The van der Waals surface area contributed by atoms with E-state index in [1.165, 1.54) is 18.2 Å². The van der Waals surface area contributed by atoms with Crippen LogP contribution in [-0.2, 0) is 14.8 Å². The molecule has 0 fully saturated rings. The van der Waals surface area contributed by atoms with Crippen molar-refractivity contribution in [3.05, 3.63) is 65.7 Å². The minimum atomic E-state index is -3.89. The van der Waals surface area contributed by atoms with Gasteiger partial charge in [-0.05, 0) is 61.5 Å². The van der Waals surface area contributed by atoms with E-state index < -0.39 is 15.9 Å². The fourth-order valence-corrected chi connectivity index (χ4v) is 4.46. The van der Waals surface area contributed by atoms with E-state index in [0.29, 0.717) is 35.2 Å². The van der Waals surface area contributed by atoms with E-state index in [2.05, 4.69) is 10.0 Å². The van der Waals surface area contributed by atoms with Gasteiger partial charge >= 0.3 is 0 Å². The predicted octanol–water partition coefficient (Wildman–Crippen LogP) is 4.29. The van der Waals surface area contributed by atoms with Crippen LogP contribution < -0.4 is 29.0 Å². The van der Waals surface area contributed by atoms with Gasteiger partial charge in [0.1, 0.15) is 11.5 Å². The fourth-order valence-electron chi connectivity index (χ4n) is 3.08. The summed E-state index contributed by atoms with van der Waals surface area (Å²) in [6.07, 6.45) is 0. The van der Waals surface area contributed by atoms with Gasteiger partial charge < -0.3 is 24.3 Å². The van der Waals surface area contributed by atoms with Crippen molar-refractivity contribution in [2.45, 2.75) is 11.8 Å². The second-order valence-electron chi connectivity index (χ2n) is 7.06. The second kappa shape index (κ2) is 10.1. The third kappa shape index (κ3) is 5.64. The molecule has 1 aliphatic heterocycles. The van der Waals surface area contributed by atoms with Crippen LogP contribution >= 0.6 is 11.6 Å². The Kier molecular flexibility index (Phi) is 6.99. The average molecular weight is 505 g/mol. The smallest absolute Gasteiger partial charge is 0.262 e. The van der Waals surface area contributed by atoms with E-state index >= 15 is 0 Å². The van der Waals surface area contributed by atoms with Gasteiger partial charge in [-0.15, -0.1) is 0 Å². The summed E-state index contributed by atoms with van der Waals surface area (Å²) >= 11 is 6.21. The fraction of sp³-hybridized carbons (Fsp3) is 0.174. The monoisotopic (exact) mass is 504 g/mol. The van der Waals surface area contributed by atoms with E-state index in [4.69, 9.17) is 30.5 Å². The van der Waals surface area contributed by atoms with E-state index in [1.807, 2.05) is 6.92 Å². The molecule has 0 atom stereocenters. The molecule has 1 heterocycles. The standard InChI is InChI=1S/C23H21ClN2O7S/c1-2-30-17-6-3-15(4-7-17)26-34(28,29)18-8-10-20(19(24)12-18)31-13-23(27)25-16-5-9-21-22(11-16)33-14-32-21/h3-12,26H,2,13-14H2,1H3,(H,25,27). The maximum Gasteiger partial charge on any atom is 0.262 e. The van der Waals surface area contributed by atoms with Crippen LogP contribution in [0.2, 0.25) is 5.02 Å². The van der Waals surface area contributed by atoms with Crippen molar-refractivity contribution in [3.63, 3.8) is 0 Å². The number of fused-ring (bicyclic) bond motifs is 1. The minimum absolute atomic E-state index is 0.0467. The van der Waals surface area contributed by atoms with Gasteiger partial charge in [-0.2, -0.15) is 0 Å². The number of rotatable bonds is 9.